The largest absolute Gasteiger partial charge is 0.350 e. The molecule has 5 nitrogen and oxygen atoms in total. The van der Waals surface area contributed by atoms with Crippen LogP contribution in [0.4, 0.5) is 4.39 Å². The number of likely N-dealkylation sites (tertiary alicyclic amines) is 1. The highest BCUT2D eigenvalue weighted by Crippen LogP contribution is 2.68. The molecule has 3 atom stereocenters. The number of benzene rings is 2. The number of halogens is 1. The normalized spacial score (nSPS) is 28.0. The van der Waals surface area contributed by atoms with E-state index in [0.717, 1.165) is 41.9 Å². The summed E-state index contributed by atoms with van der Waals surface area (Å²) in [6.45, 7) is 5.91. The SMILES string of the molecule is C[C@H]1CN(C(=O)[C@H](C)C23CC(C2)C3)CC[C@H]1c1cn(C)c2ccc(CS(=O)(=O)c3ccc(F)cc3)cc12. The third-order valence-corrected chi connectivity index (χ3v) is 11.3. The zero-order valence-electron chi connectivity index (χ0n) is 21.8. The number of amides is 1. The van der Waals surface area contributed by atoms with Crippen molar-refractivity contribution >= 4 is 26.6 Å². The lowest BCUT2D eigenvalue weighted by molar-refractivity contribution is -0.174. The molecule has 4 fully saturated rings. The van der Waals surface area contributed by atoms with Gasteiger partial charge in [-0.15, -0.1) is 0 Å². The Hall–Kier alpha value is -2.67. The Balaban J connectivity index is 1.22. The summed E-state index contributed by atoms with van der Waals surface area (Å²) in [5.74, 6) is 1.37. The molecule has 7 heteroatoms. The van der Waals surface area contributed by atoms with Gasteiger partial charge in [-0.25, -0.2) is 12.8 Å². The van der Waals surface area contributed by atoms with E-state index in [1.165, 1.54) is 49.1 Å². The van der Waals surface area contributed by atoms with Crippen molar-refractivity contribution in [1.29, 1.82) is 0 Å². The summed E-state index contributed by atoms with van der Waals surface area (Å²) in [5.41, 5.74) is 3.31. The minimum atomic E-state index is -3.59. The first-order valence-corrected chi connectivity index (χ1v) is 15.1. The molecule has 0 unspecified atom stereocenters. The van der Waals surface area contributed by atoms with Crippen molar-refractivity contribution in [3.05, 3.63) is 65.6 Å². The van der Waals surface area contributed by atoms with Gasteiger partial charge in [-0.2, -0.15) is 0 Å². The molecule has 1 aliphatic heterocycles. The molecule has 196 valence electrons. The van der Waals surface area contributed by atoms with Gasteiger partial charge in [-0.05, 0) is 96.4 Å². The summed E-state index contributed by atoms with van der Waals surface area (Å²) >= 11 is 0. The van der Waals surface area contributed by atoms with E-state index < -0.39 is 15.7 Å². The summed E-state index contributed by atoms with van der Waals surface area (Å²) < 4.78 is 41.4. The van der Waals surface area contributed by atoms with Crippen LogP contribution in [0.2, 0.25) is 0 Å². The second kappa shape index (κ2) is 8.69. The minimum absolute atomic E-state index is 0.126. The second-order valence-corrected chi connectivity index (χ2v) is 14.0. The predicted octanol–water partition coefficient (Wildman–Crippen LogP) is 5.68. The second-order valence-electron chi connectivity index (χ2n) is 12.0. The fraction of sp³-hybridized carbons (Fsp3) is 0.500. The monoisotopic (exact) mass is 522 g/mol. The molecule has 2 heterocycles. The number of carbonyl (C=O) groups is 1. The molecule has 3 aliphatic carbocycles. The molecule has 0 N–H and O–H groups in total. The number of hydrogen-bond acceptors (Lipinski definition) is 3. The van der Waals surface area contributed by atoms with Crippen molar-refractivity contribution in [3.8, 4) is 0 Å². The number of aryl methyl sites for hydroxylation is 1. The van der Waals surface area contributed by atoms with Crippen LogP contribution in [0.25, 0.3) is 10.9 Å². The van der Waals surface area contributed by atoms with Gasteiger partial charge < -0.3 is 9.47 Å². The Morgan fingerprint density at radius 1 is 1.14 bits per heavy atom. The van der Waals surface area contributed by atoms with E-state index in [1.54, 1.807) is 0 Å². The number of sulfone groups is 1. The number of piperidine rings is 1. The average molecular weight is 523 g/mol. The van der Waals surface area contributed by atoms with Crippen molar-refractivity contribution in [2.24, 2.45) is 30.2 Å². The summed E-state index contributed by atoms with van der Waals surface area (Å²) in [6.07, 6.45) is 6.79. The van der Waals surface area contributed by atoms with E-state index in [-0.39, 0.29) is 16.6 Å². The lowest BCUT2D eigenvalue weighted by Crippen LogP contribution is -2.59. The maximum absolute atomic E-state index is 13.3. The van der Waals surface area contributed by atoms with Crippen molar-refractivity contribution in [3.63, 3.8) is 0 Å². The molecule has 2 aromatic carbocycles. The molecule has 4 aliphatic rings. The highest BCUT2D eigenvalue weighted by atomic mass is 32.2. The van der Waals surface area contributed by atoms with E-state index >= 15 is 0 Å². The molecule has 1 saturated heterocycles. The minimum Gasteiger partial charge on any atom is -0.350 e. The third kappa shape index (κ3) is 4.10. The standard InChI is InChI=1S/C30H35FN2O3S/c1-19-16-33(29(34)20(2)30-13-22(14-30)15-30)11-10-25(19)27-17-32(3)28-9-4-21(12-26(27)28)18-37(35,36)24-7-5-23(31)6-8-24/h4-9,12,17,19-20,22,25H,10-11,13-16,18H2,1-3H3/t19-,20-,22?,25+,30?/m0/s1. The number of aromatic nitrogens is 1. The molecule has 0 spiro atoms. The molecular formula is C30H35FN2O3S. The van der Waals surface area contributed by atoms with E-state index in [2.05, 4.69) is 29.5 Å². The molecule has 2 bridgehead atoms. The fourth-order valence-electron chi connectivity index (χ4n) is 7.22. The average Bonchev–Trinajstić information content (AvgIpc) is 3.12. The molecule has 1 amide bonds. The van der Waals surface area contributed by atoms with E-state index in [0.29, 0.717) is 23.2 Å². The number of hydrogen-bond donors (Lipinski definition) is 0. The molecule has 3 saturated carbocycles. The van der Waals surface area contributed by atoms with Crippen molar-refractivity contribution in [2.45, 2.75) is 56.1 Å². The first-order chi connectivity index (χ1) is 17.6. The van der Waals surface area contributed by atoms with Gasteiger partial charge in [0.1, 0.15) is 5.82 Å². The van der Waals surface area contributed by atoms with Crippen LogP contribution in [0.5, 0.6) is 0 Å². The Labute approximate surface area is 218 Å². The van der Waals surface area contributed by atoms with Crippen LogP contribution in [0.1, 0.15) is 56.6 Å². The van der Waals surface area contributed by atoms with Crippen LogP contribution in [0.15, 0.2) is 53.6 Å². The Kier molecular flexibility index (Phi) is 5.79. The first kappa shape index (κ1) is 24.7. The number of fused-ring (bicyclic) bond motifs is 1. The van der Waals surface area contributed by atoms with Crippen LogP contribution in [-0.4, -0.2) is 36.9 Å². The summed E-state index contributed by atoms with van der Waals surface area (Å²) in [6, 6.07) is 10.9. The van der Waals surface area contributed by atoms with E-state index in [1.807, 2.05) is 25.2 Å². The highest BCUT2D eigenvalue weighted by molar-refractivity contribution is 7.90. The van der Waals surface area contributed by atoms with Gasteiger partial charge in [-0.1, -0.05) is 19.9 Å². The molecule has 37 heavy (non-hydrogen) atoms. The van der Waals surface area contributed by atoms with E-state index in [9.17, 15) is 17.6 Å². The topological polar surface area (TPSA) is 59.4 Å². The quantitative estimate of drug-likeness (QED) is 0.392. The number of rotatable bonds is 6. The van der Waals surface area contributed by atoms with Crippen LogP contribution >= 0.6 is 0 Å². The maximum atomic E-state index is 13.3. The van der Waals surface area contributed by atoms with E-state index in [4.69, 9.17) is 0 Å². The zero-order chi connectivity index (χ0) is 26.1. The smallest absolute Gasteiger partial charge is 0.225 e. The fourth-order valence-corrected chi connectivity index (χ4v) is 8.55. The highest BCUT2D eigenvalue weighted by Gasteiger charge is 2.61. The van der Waals surface area contributed by atoms with Gasteiger partial charge in [0.15, 0.2) is 9.84 Å². The van der Waals surface area contributed by atoms with Gasteiger partial charge in [0, 0.05) is 43.2 Å². The van der Waals surface area contributed by atoms with Crippen molar-refractivity contribution in [2.75, 3.05) is 13.1 Å². The van der Waals surface area contributed by atoms with Crippen LogP contribution < -0.4 is 0 Å². The number of nitrogens with zero attached hydrogens (tertiary/aromatic N) is 2. The maximum Gasteiger partial charge on any atom is 0.225 e. The zero-order valence-corrected chi connectivity index (χ0v) is 22.6. The molecular weight excluding hydrogens is 487 g/mol. The Morgan fingerprint density at radius 3 is 2.46 bits per heavy atom. The summed E-state index contributed by atoms with van der Waals surface area (Å²) in [5, 5.41) is 1.08. The predicted molar refractivity (Wildman–Crippen MR) is 142 cm³/mol. The van der Waals surface area contributed by atoms with Crippen molar-refractivity contribution in [1.82, 2.24) is 9.47 Å². The Bertz CT molecular complexity index is 1460. The van der Waals surface area contributed by atoms with Gasteiger partial charge in [-0.3, -0.25) is 4.79 Å². The van der Waals surface area contributed by atoms with Gasteiger partial charge >= 0.3 is 0 Å². The van der Waals surface area contributed by atoms with Crippen molar-refractivity contribution < 1.29 is 17.6 Å². The lowest BCUT2D eigenvalue weighted by atomic mass is 9.40. The lowest BCUT2D eigenvalue weighted by Gasteiger charge is -2.65. The molecule has 1 aromatic heterocycles. The summed E-state index contributed by atoms with van der Waals surface area (Å²) in [4.78, 5) is 15.5. The van der Waals surface area contributed by atoms with Crippen LogP contribution in [0, 0.1) is 29.0 Å². The van der Waals surface area contributed by atoms with Gasteiger partial charge in [0.05, 0.1) is 10.6 Å². The molecule has 3 aromatic rings. The van der Waals surface area contributed by atoms with Gasteiger partial charge in [0.25, 0.3) is 0 Å². The van der Waals surface area contributed by atoms with Crippen LogP contribution in [0.3, 0.4) is 0 Å². The third-order valence-electron chi connectivity index (χ3n) is 9.61. The first-order valence-electron chi connectivity index (χ1n) is 13.4. The van der Waals surface area contributed by atoms with Crippen LogP contribution in [-0.2, 0) is 27.4 Å². The molecule has 0 radical (unpaired) electrons. The number of carbonyl (C=O) groups excluding carboxylic acids is 1. The molecule has 7 rings (SSSR count). The summed E-state index contributed by atoms with van der Waals surface area (Å²) in [7, 11) is -1.57. The Morgan fingerprint density at radius 2 is 1.84 bits per heavy atom. The van der Waals surface area contributed by atoms with Gasteiger partial charge in [0.2, 0.25) is 5.91 Å².